The zero-order chi connectivity index (χ0) is 13.1. The molecule has 0 radical (unpaired) electrons. The van der Waals surface area contributed by atoms with Crippen LogP contribution in [0.2, 0.25) is 0 Å². The molecule has 0 spiro atoms. The van der Waals surface area contributed by atoms with E-state index >= 15 is 0 Å². The molecule has 1 aliphatic rings. The lowest BCUT2D eigenvalue weighted by atomic mass is 9.97. The van der Waals surface area contributed by atoms with Crippen LogP contribution in [0.3, 0.4) is 0 Å². The summed E-state index contributed by atoms with van der Waals surface area (Å²) in [6, 6.07) is 5.35. The van der Waals surface area contributed by atoms with Crippen LogP contribution in [0, 0.1) is 11.7 Å². The summed E-state index contributed by atoms with van der Waals surface area (Å²) in [5.74, 6) is 0.662. The summed E-state index contributed by atoms with van der Waals surface area (Å²) in [5.41, 5.74) is 7.65. The minimum absolute atomic E-state index is 0.00985. The zero-order valence-electron chi connectivity index (χ0n) is 11.3. The molecule has 1 atom stereocenters. The van der Waals surface area contributed by atoms with Gasteiger partial charge in [0.15, 0.2) is 0 Å². The second-order valence-corrected chi connectivity index (χ2v) is 5.59. The molecule has 1 unspecified atom stereocenters. The van der Waals surface area contributed by atoms with Gasteiger partial charge in [0, 0.05) is 30.4 Å². The fourth-order valence-corrected chi connectivity index (χ4v) is 2.62. The number of nitrogens with zero attached hydrogens (tertiary/aromatic N) is 1. The van der Waals surface area contributed by atoms with Gasteiger partial charge >= 0.3 is 0 Å². The summed E-state index contributed by atoms with van der Waals surface area (Å²) in [6.07, 6.45) is 2.98. The van der Waals surface area contributed by atoms with Gasteiger partial charge in [0.05, 0.1) is 0 Å². The second-order valence-electron chi connectivity index (χ2n) is 5.59. The van der Waals surface area contributed by atoms with Gasteiger partial charge in [0.25, 0.3) is 0 Å². The van der Waals surface area contributed by atoms with Crippen molar-refractivity contribution in [3.05, 3.63) is 29.6 Å². The van der Waals surface area contributed by atoms with Crippen LogP contribution >= 0.6 is 0 Å². The number of hydrogen-bond donors (Lipinski definition) is 1. The lowest BCUT2D eigenvalue weighted by molar-refractivity contribution is 0.437. The molecule has 1 saturated heterocycles. The largest absolute Gasteiger partial charge is 0.371 e. The van der Waals surface area contributed by atoms with Crippen molar-refractivity contribution in [2.45, 2.75) is 39.2 Å². The van der Waals surface area contributed by atoms with E-state index in [4.69, 9.17) is 5.73 Å². The first-order valence-corrected chi connectivity index (χ1v) is 6.86. The average Bonchev–Trinajstić information content (AvgIpc) is 2.32. The number of piperidine rings is 1. The van der Waals surface area contributed by atoms with Gasteiger partial charge < -0.3 is 10.6 Å². The van der Waals surface area contributed by atoms with E-state index in [1.54, 1.807) is 6.07 Å². The van der Waals surface area contributed by atoms with Gasteiger partial charge in [0.2, 0.25) is 0 Å². The van der Waals surface area contributed by atoms with Gasteiger partial charge in [0.1, 0.15) is 5.82 Å². The van der Waals surface area contributed by atoms with Crippen LogP contribution in [0.4, 0.5) is 10.1 Å². The Labute approximate surface area is 109 Å². The van der Waals surface area contributed by atoms with Crippen molar-refractivity contribution in [3.8, 4) is 0 Å². The van der Waals surface area contributed by atoms with E-state index in [0.717, 1.165) is 30.3 Å². The van der Waals surface area contributed by atoms with Crippen LogP contribution < -0.4 is 10.6 Å². The molecule has 1 fully saturated rings. The molecular weight excluding hydrogens is 227 g/mol. The number of nitrogens with two attached hydrogens (primary N) is 1. The van der Waals surface area contributed by atoms with Gasteiger partial charge in [-0.1, -0.05) is 13.0 Å². The smallest absolute Gasteiger partial charge is 0.128 e. The van der Waals surface area contributed by atoms with Crippen LogP contribution in [0.15, 0.2) is 18.2 Å². The molecule has 2 N–H and O–H groups in total. The first kappa shape index (κ1) is 13.3. The Balaban J connectivity index is 2.23. The first-order valence-electron chi connectivity index (χ1n) is 6.86. The highest BCUT2D eigenvalue weighted by molar-refractivity contribution is 5.54. The Hall–Kier alpha value is -1.09. The van der Waals surface area contributed by atoms with E-state index in [0.29, 0.717) is 6.42 Å². The highest BCUT2D eigenvalue weighted by atomic mass is 19.1. The van der Waals surface area contributed by atoms with Gasteiger partial charge in [-0.25, -0.2) is 4.39 Å². The summed E-state index contributed by atoms with van der Waals surface area (Å²) in [4.78, 5) is 2.31. The molecule has 1 aromatic carbocycles. The number of rotatable bonds is 3. The summed E-state index contributed by atoms with van der Waals surface area (Å²) in [6.45, 7) is 6.26. The van der Waals surface area contributed by atoms with E-state index in [9.17, 15) is 4.39 Å². The lowest BCUT2D eigenvalue weighted by Gasteiger charge is -2.33. The molecule has 100 valence electrons. The summed E-state index contributed by atoms with van der Waals surface area (Å²) < 4.78 is 14.0. The number of benzene rings is 1. The fraction of sp³-hybridized carbons (Fsp3) is 0.600. The summed E-state index contributed by atoms with van der Waals surface area (Å²) in [5, 5.41) is 0. The van der Waals surface area contributed by atoms with Gasteiger partial charge in [-0.15, -0.1) is 0 Å². The Kier molecular flexibility index (Phi) is 4.23. The highest BCUT2D eigenvalue weighted by Gasteiger charge is 2.20. The van der Waals surface area contributed by atoms with Gasteiger partial charge in [-0.05, 0) is 44.2 Å². The van der Waals surface area contributed by atoms with Crippen molar-refractivity contribution in [2.75, 3.05) is 18.0 Å². The summed E-state index contributed by atoms with van der Waals surface area (Å²) in [7, 11) is 0. The van der Waals surface area contributed by atoms with Crippen LogP contribution in [0.25, 0.3) is 0 Å². The number of halogens is 1. The van der Waals surface area contributed by atoms with E-state index in [2.05, 4.69) is 11.8 Å². The molecule has 1 aromatic rings. The van der Waals surface area contributed by atoms with E-state index in [1.165, 1.54) is 18.9 Å². The molecule has 3 heteroatoms. The van der Waals surface area contributed by atoms with Crippen molar-refractivity contribution in [3.63, 3.8) is 0 Å². The predicted octanol–water partition coefficient (Wildman–Crippen LogP) is 2.95. The molecule has 0 bridgehead atoms. The van der Waals surface area contributed by atoms with E-state index in [-0.39, 0.29) is 11.9 Å². The third kappa shape index (κ3) is 3.02. The van der Waals surface area contributed by atoms with Gasteiger partial charge in [-0.3, -0.25) is 0 Å². The van der Waals surface area contributed by atoms with Crippen molar-refractivity contribution >= 4 is 5.69 Å². The van der Waals surface area contributed by atoms with E-state index < -0.39 is 0 Å². The molecule has 0 amide bonds. The molecule has 0 saturated carbocycles. The molecule has 18 heavy (non-hydrogen) atoms. The third-order valence-corrected chi connectivity index (χ3v) is 3.74. The Morgan fingerprint density at radius 1 is 1.39 bits per heavy atom. The van der Waals surface area contributed by atoms with Crippen LogP contribution in [0.5, 0.6) is 0 Å². The molecule has 1 heterocycles. The molecule has 0 aromatic heterocycles. The third-order valence-electron chi connectivity index (χ3n) is 3.74. The minimum Gasteiger partial charge on any atom is -0.371 e. The average molecular weight is 250 g/mol. The molecular formula is C15H23FN2. The Morgan fingerprint density at radius 3 is 2.67 bits per heavy atom. The molecule has 0 aliphatic carbocycles. The topological polar surface area (TPSA) is 29.3 Å². The molecule has 2 nitrogen and oxygen atoms in total. The van der Waals surface area contributed by atoms with E-state index in [1.807, 2.05) is 13.0 Å². The monoisotopic (exact) mass is 250 g/mol. The molecule has 2 rings (SSSR count). The Morgan fingerprint density at radius 2 is 2.06 bits per heavy atom. The standard InChI is InChI=1S/C15H23FN2/c1-11-6-8-18(9-7-11)15-5-3-4-14(16)13(15)10-12(2)17/h3-5,11-12H,6-10,17H2,1-2H3. The lowest BCUT2D eigenvalue weighted by Crippen LogP contribution is -2.34. The summed E-state index contributed by atoms with van der Waals surface area (Å²) >= 11 is 0. The normalized spacial score (nSPS) is 19.0. The maximum absolute atomic E-state index is 14.0. The number of anilines is 1. The molecule has 1 aliphatic heterocycles. The van der Waals surface area contributed by atoms with Gasteiger partial charge in [-0.2, -0.15) is 0 Å². The Bertz CT molecular complexity index is 395. The van der Waals surface area contributed by atoms with Crippen molar-refractivity contribution < 1.29 is 4.39 Å². The highest BCUT2D eigenvalue weighted by Crippen LogP contribution is 2.28. The predicted molar refractivity (Wildman–Crippen MR) is 74.4 cm³/mol. The maximum atomic E-state index is 14.0. The van der Waals surface area contributed by atoms with Crippen LogP contribution in [-0.4, -0.2) is 19.1 Å². The number of hydrogen-bond acceptors (Lipinski definition) is 2. The zero-order valence-corrected chi connectivity index (χ0v) is 11.3. The SMILES string of the molecule is CC(N)Cc1c(F)cccc1N1CCC(C)CC1. The minimum atomic E-state index is -0.122. The van der Waals surface area contributed by atoms with Crippen molar-refractivity contribution in [1.82, 2.24) is 0 Å². The van der Waals surface area contributed by atoms with Crippen molar-refractivity contribution in [2.24, 2.45) is 11.7 Å². The maximum Gasteiger partial charge on any atom is 0.128 e. The van der Waals surface area contributed by atoms with Crippen LogP contribution in [-0.2, 0) is 6.42 Å². The first-order chi connectivity index (χ1) is 8.58. The van der Waals surface area contributed by atoms with Crippen LogP contribution in [0.1, 0.15) is 32.3 Å². The second kappa shape index (κ2) is 5.70. The quantitative estimate of drug-likeness (QED) is 0.893. The fourth-order valence-electron chi connectivity index (χ4n) is 2.62. The van der Waals surface area contributed by atoms with Crippen molar-refractivity contribution in [1.29, 1.82) is 0 Å².